The molecule has 5 aromatic rings. The fraction of sp³-hybridized carbons (Fsp3) is 0.211. The minimum Gasteiger partial charge on any atom is -0.493 e. The molecular weight excluding hydrogens is 642 g/mol. The number of nitrogens with zero attached hydrogens (tertiary/aromatic N) is 3. The van der Waals surface area contributed by atoms with Gasteiger partial charge in [-0.05, 0) is 90.1 Å². The Morgan fingerprint density at radius 3 is 2.45 bits per heavy atom. The molecule has 0 saturated heterocycles. The SMILES string of the molecule is CCOc1cc(/C=c2/sc3n(c2=O)[C@H](c2ccc(OC)c(OC)c2)C2=C(N=3)c3ccccc3CC2)ccc1OCc1ccc([N+](=O)[O-])cc1. The van der Waals surface area contributed by atoms with Crippen LogP contribution in [0, 0.1) is 10.1 Å². The monoisotopic (exact) mass is 675 g/mol. The molecule has 248 valence electrons. The number of allylic oxidation sites excluding steroid dienone is 1. The van der Waals surface area contributed by atoms with Crippen molar-refractivity contribution in [1.82, 2.24) is 4.57 Å². The lowest BCUT2D eigenvalue weighted by Crippen LogP contribution is -2.38. The summed E-state index contributed by atoms with van der Waals surface area (Å²) in [5.41, 5.74) is 6.72. The van der Waals surface area contributed by atoms with E-state index >= 15 is 0 Å². The van der Waals surface area contributed by atoms with Crippen LogP contribution in [0.15, 0.2) is 100 Å². The second-order valence-corrected chi connectivity index (χ2v) is 12.6. The van der Waals surface area contributed by atoms with Crippen molar-refractivity contribution in [2.45, 2.75) is 32.4 Å². The van der Waals surface area contributed by atoms with Gasteiger partial charge in [-0.15, -0.1) is 0 Å². The third-order valence-corrected chi connectivity index (χ3v) is 9.69. The maximum atomic E-state index is 14.3. The van der Waals surface area contributed by atoms with Crippen LogP contribution >= 0.6 is 11.3 Å². The second kappa shape index (κ2) is 13.4. The van der Waals surface area contributed by atoms with Crippen LogP contribution in [0.5, 0.6) is 23.0 Å². The maximum absolute atomic E-state index is 14.3. The van der Waals surface area contributed by atoms with Crippen molar-refractivity contribution < 1.29 is 23.9 Å². The van der Waals surface area contributed by atoms with Crippen LogP contribution in [0.3, 0.4) is 0 Å². The van der Waals surface area contributed by atoms with E-state index in [2.05, 4.69) is 18.2 Å². The molecule has 0 spiro atoms. The molecule has 0 bridgehead atoms. The summed E-state index contributed by atoms with van der Waals surface area (Å²) in [6, 6.07) is 25.5. The lowest BCUT2D eigenvalue weighted by atomic mass is 9.83. The van der Waals surface area contributed by atoms with Crippen LogP contribution in [0.4, 0.5) is 5.69 Å². The number of rotatable bonds is 10. The summed E-state index contributed by atoms with van der Waals surface area (Å²) in [7, 11) is 3.21. The van der Waals surface area contributed by atoms with Crippen LogP contribution in [-0.2, 0) is 13.0 Å². The summed E-state index contributed by atoms with van der Waals surface area (Å²) >= 11 is 1.36. The van der Waals surface area contributed by atoms with Gasteiger partial charge in [0.05, 0.1) is 42.0 Å². The number of nitro benzene ring substituents is 1. The van der Waals surface area contributed by atoms with Crippen LogP contribution in [0.1, 0.15) is 47.2 Å². The summed E-state index contributed by atoms with van der Waals surface area (Å²) in [5.74, 6) is 2.27. The zero-order valence-corrected chi connectivity index (χ0v) is 28.0. The van der Waals surface area contributed by atoms with Crippen LogP contribution < -0.4 is 33.8 Å². The number of ether oxygens (including phenoxy) is 4. The zero-order chi connectivity index (χ0) is 34.1. The summed E-state index contributed by atoms with van der Waals surface area (Å²) in [6.07, 6.45) is 3.49. The molecule has 7 rings (SSSR count). The third-order valence-electron chi connectivity index (χ3n) is 8.70. The predicted octanol–water partition coefficient (Wildman–Crippen LogP) is 6.22. The Kier molecular flexibility index (Phi) is 8.75. The van der Waals surface area contributed by atoms with E-state index in [9.17, 15) is 14.9 Å². The largest absolute Gasteiger partial charge is 0.493 e. The van der Waals surface area contributed by atoms with E-state index < -0.39 is 4.92 Å². The number of thiazole rings is 1. The van der Waals surface area contributed by atoms with Gasteiger partial charge in [0.15, 0.2) is 27.8 Å². The first-order valence-electron chi connectivity index (χ1n) is 15.9. The van der Waals surface area contributed by atoms with Crippen molar-refractivity contribution in [1.29, 1.82) is 0 Å². The van der Waals surface area contributed by atoms with E-state index in [0.717, 1.165) is 46.4 Å². The van der Waals surface area contributed by atoms with Crippen molar-refractivity contribution >= 4 is 28.8 Å². The molecule has 0 unspecified atom stereocenters. The van der Waals surface area contributed by atoms with Gasteiger partial charge in [0.25, 0.3) is 11.2 Å². The van der Waals surface area contributed by atoms with Crippen LogP contribution in [-0.4, -0.2) is 30.3 Å². The smallest absolute Gasteiger partial charge is 0.271 e. The molecule has 49 heavy (non-hydrogen) atoms. The average Bonchev–Trinajstić information content (AvgIpc) is 3.43. The van der Waals surface area contributed by atoms with Gasteiger partial charge in [0, 0.05) is 17.7 Å². The summed E-state index contributed by atoms with van der Waals surface area (Å²) < 4.78 is 25.5. The van der Waals surface area contributed by atoms with Gasteiger partial charge in [-0.25, -0.2) is 4.99 Å². The first-order valence-corrected chi connectivity index (χ1v) is 16.7. The minimum atomic E-state index is -0.433. The van der Waals surface area contributed by atoms with E-state index in [1.807, 2.05) is 49.4 Å². The molecule has 0 amide bonds. The minimum absolute atomic E-state index is 0.0217. The number of methoxy groups -OCH3 is 2. The Balaban J connectivity index is 1.29. The molecule has 11 heteroatoms. The highest BCUT2D eigenvalue weighted by atomic mass is 32.1. The number of benzene rings is 4. The number of aryl methyl sites for hydroxylation is 1. The molecule has 10 nitrogen and oxygen atoms in total. The van der Waals surface area contributed by atoms with Crippen LogP contribution in [0.2, 0.25) is 0 Å². The van der Waals surface area contributed by atoms with E-state index in [-0.39, 0.29) is 23.9 Å². The summed E-state index contributed by atoms with van der Waals surface area (Å²) in [4.78, 5) is 30.6. The number of nitro groups is 1. The maximum Gasteiger partial charge on any atom is 0.271 e. The van der Waals surface area contributed by atoms with Crippen molar-refractivity contribution in [3.63, 3.8) is 0 Å². The molecule has 1 aliphatic heterocycles. The Morgan fingerprint density at radius 1 is 0.918 bits per heavy atom. The Bertz CT molecular complexity index is 2290. The fourth-order valence-corrected chi connectivity index (χ4v) is 7.37. The van der Waals surface area contributed by atoms with Crippen molar-refractivity contribution in [3.8, 4) is 23.0 Å². The Labute approximate surface area is 286 Å². The Hall–Kier alpha value is -5.68. The first-order chi connectivity index (χ1) is 23.9. The van der Waals surface area contributed by atoms with Gasteiger partial charge in [-0.3, -0.25) is 19.5 Å². The number of fused-ring (bicyclic) bond motifs is 3. The van der Waals surface area contributed by atoms with Gasteiger partial charge in [-0.2, -0.15) is 0 Å². The number of hydrogen-bond donors (Lipinski definition) is 0. The predicted molar refractivity (Wildman–Crippen MR) is 187 cm³/mol. The summed E-state index contributed by atoms with van der Waals surface area (Å²) in [6.45, 7) is 2.51. The van der Waals surface area contributed by atoms with Crippen LogP contribution in [0.25, 0.3) is 11.8 Å². The molecule has 2 aliphatic rings. The average molecular weight is 676 g/mol. The molecule has 0 fully saturated rings. The normalized spacial score (nSPS) is 15.1. The Morgan fingerprint density at radius 2 is 1.69 bits per heavy atom. The van der Waals surface area contributed by atoms with E-state index in [1.165, 1.54) is 29.0 Å². The standard InChI is InChI=1S/C38H33N3O7S/c1-4-47-33-19-24(11-17-31(33)48-22-23-9-14-27(15-10-23)41(43)44)20-34-37(42)40-36(26-13-18-30(45-2)32(21-26)46-3)29-16-12-25-7-5-6-8-28(25)35(29)39-38(40)49-34/h5-11,13-15,17-21,36H,4,12,16,22H2,1-3H3/b34-20+/t36-/m1/s1. The molecule has 0 saturated carbocycles. The first kappa shape index (κ1) is 31.9. The van der Waals surface area contributed by atoms with Gasteiger partial charge in [0.1, 0.15) is 6.61 Å². The summed E-state index contributed by atoms with van der Waals surface area (Å²) in [5, 5.41) is 11.0. The van der Waals surface area contributed by atoms with Gasteiger partial charge in [-0.1, -0.05) is 47.7 Å². The topological polar surface area (TPSA) is 114 Å². The molecule has 1 atom stereocenters. The number of aromatic nitrogens is 1. The van der Waals surface area contributed by atoms with Crippen molar-refractivity contribution in [2.75, 3.05) is 20.8 Å². The molecule has 2 heterocycles. The molecule has 1 aromatic heterocycles. The van der Waals surface area contributed by atoms with Gasteiger partial charge < -0.3 is 18.9 Å². The second-order valence-electron chi connectivity index (χ2n) is 11.6. The molecule has 4 aromatic carbocycles. The van der Waals surface area contributed by atoms with Gasteiger partial charge >= 0.3 is 0 Å². The van der Waals surface area contributed by atoms with Crippen molar-refractivity contribution in [2.24, 2.45) is 4.99 Å². The fourth-order valence-electron chi connectivity index (χ4n) is 6.37. The van der Waals surface area contributed by atoms with E-state index in [4.69, 9.17) is 23.9 Å². The number of non-ortho nitro benzene ring substituents is 1. The molecule has 0 radical (unpaired) electrons. The highest BCUT2D eigenvalue weighted by molar-refractivity contribution is 7.07. The lowest BCUT2D eigenvalue weighted by Gasteiger charge is -2.31. The van der Waals surface area contributed by atoms with Crippen molar-refractivity contribution in [3.05, 3.63) is 148 Å². The third kappa shape index (κ3) is 6.09. The number of hydrogen-bond acceptors (Lipinski definition) is 9. The van der Waals surface area contributed by atoms with E-state index in [0.29, 0.717) is 38.9 Å². The van der Waals surface area contributed by atoms with E-state index in [1.54, 1.807) is 37.0 Å². The molecule has 1 aliphatic carbocycles. The molecular formula is C38H33N3O7S. The lowest BCUT2D eigenvalue weighted by molar-refractivity contribution is -0.384. The molecule has 0 N–H and O–H groups in total. The zero-order valence-electron chi connectivity index (χ0n) is 27.2. The van der Waals surface area contributed by atoms with Gasteiger partial charge in [0.2, 0.25) is 0 Å². The quantitative estimate of drug-likeness (QED) is 0.128. The highest BCUT2D eigenvalue weighted by Gasteiger charge is 2.33. The highest BCUT2D eigenvalue weighted by Crippen LogP contribution is 2.43.